The standard InChI is InChI=1S/C9H12N2O2S/c1-14(12,13)8-3-2-6-10-9(8)11-7-4-5-7/h2-3,6-7H,4-5H2,1H3,(H,10,11). The SMILES string of the molecule is CS(=O)(=O)c1cccnc1NC1CC1. The number of hydrogen-bond acceptors (Lipinski definition) is 4. The highest BCUT2D eigenvalue weighted by atomic mass is 32.2. The van der Waals surface area contributed by atoms with Gasteiger partial charge in [-0.2, -0.15) is 0 Å². The number of sulfone groups is 1. The van der Waals surface area contributed by atoms with E-state index in [0.717, 1.165) is 12.8 Å². The Morgan fingerprint density at radius 3 is 2.79 bits per heavy atom. The molecule has 0 radical (unpaired) electrons. The molecule has 0 bridgehead atoms. The van der Waals surface area contributed by atoms with Gasteiger partial charge in [-0.25, -0.2) is 13.4 Å². The quantitative estimate of drug-likeness (QED) is 0.814. The number of nitrogens with one attached hydrogen (secondary N) is 1. The largest absolute Gasteiger partial charge is 0.366 e. The maximum Gasteiger partial charge on any atom is 0.179 e. The summed E-state index contributed by atoms with van der Waals surface area (Å²) in [5, 5.41) is 3.10. The highest BCUT2D eigenvalue weighted by molar-refractivity contribution is 7.90. The van der Waals surface area contributed by atoms with Gasteiger partial charge in [-0.1, -0.05) is 0 Å². The normalized spacial score (nSPS) is 16.6. The summed E-state index contributed by atoms with van der Waals surface area (Å²) in [6.45, 7) is 0. The van der Waals surface area contributed by atoms with Gasteiger partial charge in [-0.05, 0) is 25.0 Å². The second-order valence-corrected chi connectivity index (χ2v) is 5.53. The summed E-state index contributed by atoms with van der Waals surface area (Å²) in [6, 6.07) is 3.62. The van der Waals surface area contributed by atoms with E-state index in [1.807, 2.05) is 0 Å². The smallest absolute Gasteiger partial charge is 0.179 e. The first-order valence-corrected chi connectivity index (χ1v) is 6.38. The van der Waals surface area contributed by atoms with Crippen molar-refractivity contribution in [1.29, 1.82) is 0 Å². The zero-order chi connectivity index (χ0) is 10.2. The van der Waals surface area contributed by atoms with Crippen LogP contribution in [0.4, 0.5) is 5.82 Å². The maximum absolute atomic E-state index is 11.4. The summed E-state index contributed by atoms with van der Waals surface area (Å²) < 4.78 is 22.8. The first-order chi connectivity index (χ1) is 6.57. The molecule has 1 aliphatic carbocycles. The third-order valence-corrected chi connectivity index (χ3v) is 3.22. The molecule has 0 amide bonds. The third kappa shape index (κ3) is 2.04. The monoisotopic (exact) mass is 212 g/mol. The fourth-order valence-corrected chi connectivity index (χ4v) is 2.01. The van der Waals surface area contributed by atoms with Gasteiger partial charge in [0, 0.05) is 18.5 Å². The van der Waals surface area contributed by atoms with Gasteiger partial charge in [-0.15, -0.1) is 0 Å². The van der Waals surface area contributed by atoms with Gasteiger partial charge in [0.25, 0.3) is 0 Å². The summed E-state index contributed by atoms with van der Waals surface area (Å²) in [7, 11) is -3.18. The van der Waals surface area contributed by atoms with Crippen molar-refractivity contribution in [3.8, 4) is 0 Å². The van der Waals surface area contributed by atoms with Gasteiger partial charge in [-0.3, -0.25) is 0 Å². The van der Waals surface area contributed by atoms with Crippen LogP contribution in [0.25, 0.3) is 0 Å². The average molecular weight is 212 g/mol. The Labute approximate surface area is 83.3 Å². The van der Waals surface area contributed by atoms with Crippen LogP contribution >= 0.6 is 0 Å². The van der Waals surface area contributed by atoms with Crippen LogP contribution in [0.2, 0.25) is 0 Å². The predicted octanol–water partition coefficient (Wildman–Crippen LogP) is 1.06. The van der Waals surface area contributed by atoms with Gasteiger partial charge in [0.05, 0.1) is 0 Å². The highest BCUT2D eigenvalue weighted by Gasteiger charge is 2.24. The zero-order valence-corrected chi connectivity index (χ0v) is 8.71. The predicted molar refractivity (Wildman–Crippen MR) is 54.0 cm³/mol. The fourth-order valence-electron chi connectivity index (χ4n) is 1.22. The second-order valence-electron chi connectivity index (χ2n) is 3.54. The van der Waals surface area contributed by atoms with Crippen molar-refractivity contribution in [1.82, 2.24) is 4.98 Å². The second kappa shape index (κ2) is 3.24. The summed E-state index contributed by atoms with van der Waals surface area (Å²) >= 11 is 0. The van der Waals surface area contributed by atoms with E-state index in [0.29, 0.717) is 11.9 Å². The zero-order valence-electron chi connectivity index (χ0n) is 7.90. The highest BCUT2D eigenvalue weighted by Crippen LogP contribution is 2.26. The van der Waals surface area contributed by atoms with Crippen LogP contribution in [-0.4, -0.2) is 25.7 Å². The lowest BCUT2D eigenvalue weighted by atomic mass is 10.4. The van der Waals surface area contributed by atoms with E-state index in [9.17, 15) is 8.42 Å². The maximum atomic E-state index is 11.4. The summed E-state index contributed by atoms with van der Waals surface area (Å²) in [5.74, 6) is 0.484. The summed E-state index contributed by atoms with van der Waals surface area (Å²) in [6.07, 6.45) is 4.99. The molecular weight excluding hydrogens is 200 g/mol. The van der Waals surface area contributed by atoms with Crippen LogP contribution in [0.1, 0.15) is 12.8 Å². The number of aromatic nitrogens is 1. The van der Waals surface area contributed by atoms with Crippen molar-refractivity contribution in [3.05, 3.63) is 18.3 Å². The van der Waals surface area contributed by atoms with Gasteiger partial charge in [0.15, 0.2) is 9.84 Å². The molecule has 2 rings (SSSR count). The molecule has 1 aromatic rings. The number of nitrogens with zero attached hydrogens (tertiary/aromatic N) is 1. The molecule has 1 heterocycles. The molecule has 0 aromatic carbocycles. The fraction of sp³-hybridized carbons (Fsp3) is 0.444. The first kappa shape index (κ1) is 9.45. The molecule has 76 valence electrons. The van der Waals surface area contributed by atoms with Crippen molar-refractivity contribution >= 4 is 15.7 Å². The topological polar surface area (TPSA) is 59.1 Å². The van der Waals surface area contributed by atoms with Crippen molar-refractivity contribution in [2.24, 2.45) is 0 Å². The van der Waals surface area contributed by atoms with E-state index in [1.165, 1.54) is 6.26 Å². The number of rotatable bonds is 3. The van der Waals surface area contributed by atoms with Crippen molar-refractivity contribution in [2.75, 3.05) is 11.6 Å². The lowest BCUT2D eigenvalue weighted by molar-refractivity contribution is 0.602. The van der Waals surface area contributed by atoms with E-state index in [1.54, 1.807) is 18.3 Å². The van der Waals surface area contributed by atoms with Gasteiger partial charge in [0.1, 0.15) is 10.7 Å². The molecule has 14 heavy (non-hydrogen) atoms. The van der Waals surface area contributed by atoms with Crippen LogP contribution in [-0.2, 0) is 9.84 Å². The first-order valence-electron chi connectivity index (χ1n) is 4.49. The van der Waals surface area contributed by atoms with Gasteiger partial charge >= 0.3 is 0 Å². The minimum atomic E-state index is -3.18. The van der Waals surface area contributed by atoms with E-state index in [4.69, 9.17) is 0 Å². The Bertz CT molecular complexity index is 438. The number of anilines is 1. The van der Waals surface area contributed by atoms with Crippen LogP contribution in [0, 0.1) is 0 Å². The number of pyridine rings is 1. The Morgan fingerprint density at radius 2 is 2.21 bits per heavy atom. The molecule has 1 aromatic heterocycles. The van der Waals surface area contributed by atoms with Crippen LogP contribution in [0.5, 0.6) is 0 Å². The van der Waals surface area contributed by atoms with Crippen molar-refractivity contribution < 1.29 is 8.42 Å². The summed E-state index contributed by atoms with van der Waals surface area (Å²) in [5.41, 5.74) is 0. The average Bonchev–Trinajstić information content (AvgIpc) is 2.87. The lowest BCUT2D eigenvalue weighted by Gasteiger charge is -2.07. The van der Waals surface area contributed by atoms with E-state index < -0.39 is 9.84 Å². The van der Waals surface area contributed by atoms with E-state index in [-0.39, 0.29) is 4.90 Å². The molecule has 0 spiro atoms. The Kier molecular flexibility index (Phi) is 2.19. The molecule has 0 saturated heterocycles. The molecule has 1 saturated carbocycles. The lowest BCUT2D eigenvalue weighted by Crippen LogP contribution is -2.09. The van der Waals surface area contributed by atoms with Crippen LogP contribution in [0.15, 0.2) is 23.2 Å². The summed E-state index contributed by atoms with van der Waals surface area (Å²) in [4.78, 5) is 4.32. The third-order valence-electron chi connectivity index (χ3n) is 2.09. The van der Waals surface area contributed by atoms with Gasteiger partial charge in [0.2, 0.25) is 0 Å². The van der Waals surface area contributed by atoms with Crippen LogP contribution in [0.3, 0.4) is 0 Å². The molecule has 4 nitrogen and oxygen atoms in total. The molecule has 1 N–H and O–H groups in total. The minimum Gasteiger partial charge on any atom is -0.366 e. The Morgan fingerprint density at radius 1 is 1.50 bits per heavy atom. The molecule has 0 aliphatic heterocycles. The van der Waals surface area contributed by atoms with Gasteiger partial charge < -0.3 is 5.32 Å². The van der Waals surface area contributed by atoms with E-state index in [2.05, 4.69) is 10.3 Å². The Balaban J connectivity index is 2.37. The molecule has 1 aliphatic rings. The molecule has 0 atom stereocenters. The minimum absolute atomic E-state index is 0.284. The molecular formula is C9H12N2O2S. The number of hydrogen-bond donors (Lipinski definition) is 1. The van der Waals surface area contributed by atoms with E-state index >= 15 is 0 Å². The van der Waals surface area contributed by atoms with Crippen molar-refractivity contribution in [2.45, 2.75) is 23.8 Å². The Hall–Kier alpha value is -1.10. The molecule has 0 unspecified atom stereocenters. The molecule has 5 heteroatoms. The van der Waals surface area contributed by atoms with Crippen LogP contribution < -0.4 is 5.32 Å². The molecule has 1 fully saturated rings. The van der Waals surface area contributed by atoms with Crippen molar-refractivity contribution in [3.63, 3.8) is 0 Å².